The van der Waals surface area contributed by atoms with E-state index < -0.39 is 0 Å². The molecule has 1 aliphatic carbocycles. The Morgan fingerprint density at radius 3 is 2.45 bits per heavy atom. The molecule has 0 unspecified atom stereocenters. The molecular formula is C9H17BrO. The Kier molecular flexibility index (Phi) is 3.38. The molecule has 0 heterocycles. The average molecular weight is 221 g/mol. The summed E-state index contributed by atoms with van der Waals surface area (Å²) in [7, 11) is 0. The van der Waals surface area contributed by atoms with Gasteiger partial charge in [0.15, 0.2) is 0 Å². The number of rotatable bonds is 4. The summed E-state index contributed by atoms with van der Waals surface area (Å²) in [6, 6.07) is 0. The molecule has 0 amide bonds. The van der Waals surface area contributed by atoms with Crippen molar-refractivity contribution in [2.45, 2.75) is 38.7 Å². The Hall–Kier alpha value is 0.440. The van der Waals surface area contributed by atoms with Gasteiger partial charge in [-0.05, 0) is 32.6 Å². The summed E-state index contributed by atoms with van der Waals surface area (Å²) in [4.78, 5) is 0. The molecular weight excluding hydrogens is 204 g/mol. The molecule has 2 heteroatoms. The monoisotopic (exact) mass is 220 g/mol. The second-order valence-electron chi connectivity index (χ2n) is 4.00. The van der Waals surface area contributed by atoms with E-state index in [1.54, 1.807) is 0 Å². The summed E-state index contributed by atoms with van der Waals surface area (Å²) < 4.78 is 5.74. The van der Waals surface area contributed by atoms with Crippen molar-refractivity contribution in [3.8, 4) is 0 Å². The number of hydrogen-bond donors (Lipinski definition) is 0. The molecule has 0 atom stereocenters. The minimum atomic E-state index is 0.0234. The number of alkyl halides is 1. The van der Waals surface area contributed by atoms with E-state index in [0.29, 0.717) is 0 Å². The molecule has 0 N–H and O–H groups in total. The van der Waals surface area contributed by atoms with E-state index >= 15 is 0 Å². The predicted octanol–water partition coefficient (Wildman–Crippen LogP) is 2.98. The van der Waals surface area contributed by atoms with Crippen LogP contribution < -0.4 is 0 Å². The lowest BCUT2D eigenvalue weighted by Gasteiger charge is -2.30. The first-order valence-corrected chi connectivity index (χ1v) is 5.46. The summed E-state index contributed by atoms with van der Waals surface area (Å²) in [6.07, 6.45) is 4.15. The highest BCUT2D eigenvalue weighted by atomic mass is 79.9. The number of ether oxygens (including phenoxy) is 1. The van der Waals surface area contributed by atoms with Crippen LogP contribution in [0.4, 0.5) is 0 Å². The van der Waals surface area contributed by atoms with Crippen molar-refractivity contribution in [3.63, 3.8) is 0 Å². The highest BCUT2D eigenvalue weighted by molar-refractivity contribution is 9.09. The Bertz CT molecular complexity index is 119. The maximum absolute atomic E-state index is 5.74. The lowest BCUT2D eigenvalue weighted by Crippen LogP contribution is -2.30. The molecule has 0 radical (unpaired) electrons. The zero-order valence-electron chi connectivity index (χ0n) is 7.40. The summed E-state index contributed by atoms with van der Waals surface area (Å²) in [5.74, 6) is 0.855. The van der Waals surface area contributed by atoms with E-state index in [-0.39, 0.29) is 5.60 Å². The second-order valence-corrected chi connectivity index (χ2v) is 4.56. The van der Waals surface area contributed by atoms with Crippen LogP contribution in [-0.2, 0) is 4.74 Å². The van der Waals surface area contributed by atoms with Gasteiger partial charge < -0.3 is 4.74 Å². The third-order valence-electron chi connectivity index (χ3n) is 2.26. The van der Waals surface area contributed by atoms with Crippen LogP contribution in [0.15, 0.2) is 0 Å². The van der Waals surface area contributed by atoms with Crippen molar-refractivity contribution in [1.82, 2.24) is 0 Å². The topological polar surface area (TPSA) is 9.23 Å². The molecule has 1 rings (SSSR count). The van der Waals surface area contributed by atoms with E-state index in [1.165, 1.54) is 19.3 Å². The van der Waals surface area contributed by atoms with Gasteiger partial charge in [-0.25, -0.2) is 0 Å². The third-order valence-corrected chi connectivity index (χ3v) is 3.61. The van der Waals surface area contributed by atoms with E-state index in [0.717, 1.165) is 17.9 Å². The molecule has 0 bridgehead atoms. The number of halogens is 1. The normalized spacial score (nSPS) is 19.9. The standard InChI is InChI=1S/C9H17BrO/c1-9(2,7-10)11-6-8-4-3-5-8/h8H,3-7H2,1-2H3. The van der Waals surface area contributed by atoms with Crippen LogP contribution in [0.5, 0.6) is 0 Å². The van der Waals surface area contributed by atoms with Gasteiger partial charge in [-0.2, -0.15) is 0 Å². The van der Waals surface area contributed by atoms with Crippen LogP contribution in [0.1, 0.15) is 33.1 Å². The lowest BCUT2D eigenvalue weighted by molar-refractivity contribution is -0.0315. The van der Waals surface area contributed by atoms with Crippen molar-refractivity contribution in [2.75, 3.05) is 11.9 Å². The molecule has 1 aliphatic rings. The Morgan fingerprint density at radius 1 is 1.45 bits per heavy atom. The van der Waals surface area contributed by atoms with Gasteiger partial charge in [0, 0.05) is 5.33 Å². The molecule has 0 spiro atoms. The molecule has 66 valence electrons. The third kappa shape index (κ3) is 3.12. The molecule has 0 aromatic heterocycles. The first-order valence-electron chi connectivity index (χ1n) is 4.34. The molecule has 11 heavy (non-hydrogen) atoms. The Morgan fingerprint density at radius 2 is 2.09 bits per heavy atom. The highest BCUT2D eigenvalue weighted by Gasteiger charge is 2.22. The molecule has 1 saturated carbocycles. The quantitative estimate of drug-likeness (QED) is 0.663. The Labute approximate surface area is 77.6 Å². The van der Waals surface area contributed by atoms with Crippen LogP contribution in [0.25, 0.3) is 0 Å². The van der Waals surface area contributed by atoms with E-state index in [1.807, 2.05) is 0 Å². The minimum absolute atomic E-state index is 0.0234. The van der Waals surface area contributed by atoms with Gasteiger partial charge in [0.1, 0.15) is 0 Å². The van der Waals surface area contributed by atoms with Crippen LogP contribution in [0.3, 0.4) is 0 Å². The molecule has 1 fully saturated rings. The fourth-order valence-corrected chi connectivity index (χ4v) is 1.20. The van der Waals surface area contributed by atoms with E-state index in [2.05, 4.69) is 29.8 Å². The molecule has 0 aliphatic heterocycles. The summed E-state index contributed by atoms with van der Waals surface area (Å²) in [5, 5.41) is 0.923. The van der Waals surface area contributed by atoms with Crippen molar-refractivity contribution in [1.29, 1.82) is 0 Å². The van der Waals surface area contributed by atoms with Gasteiger partial charge in [0.25, 0.3) is 0 Å². The van der Waals surface area contributed by atoms with Crippen molar-refractivity contribution in [2.24, 2.45) is 5.92 Å². The van der Waals surface area contributed by atoms with Crippen LogP contribution in [0, 0.1) is 5.92 Å². The van der Waals surface area contributed by atoms with Crippen molar-refractivity contribution in [3.05, 3.63) is 0 Å². The highest BCUT2D eigenvalue weighted by Crippen LogP contribution is 2.28. The van der Waals surface area contributed by atoms with E-state index in [4.69, 9.17) is 4.74 Å². The fraction of sp³-hybridized carbons (Fsp3) is 1.00. The van der Waals surface area contributed by atoms with Crippen LogP contribution in [-0.4, -0.2) is 17.5 Å². The maximum atomic E-state index is 5.74. The van der Waals surface area contributed by atoms with Gasteiger partial charge in [0.2, 0.25) is 0 Å². The summed E-state index contributed by atoms with van der Waals surface area (Å²) >= 11 is 3.44. The SMILES string of the molecule is CC(C)(CBr)OCC1CCC1. The minimum Gasteiger partial charge on any atom is -0.374 e. The summed E-state index contributed by atoms with van der Waals surface area (Å²) in [6.45, 7) is 5.21. The zero-order valence-corrected chi connectivity index (χ0v) is 8.99. The van der Waals surface area contributed by atoms with Gasteiger partial charge in [0.05, 0.1) is 12.2 Å². The summed E-state index contributed by atoms with van der Waals surface area (Å²) in [5.41, 5.74) is 0.0234. The molecule has 0 aromatic carbocycles. The van der Waals surface area contributed by atoms with Crippen LogP contribution in [0.2, 0.25) is 0 Å². The lowest BCUT2D eigenvalue weighted by atomic mass is 9.86. The first kappa shape index (κ1) is 9.53. The van der Waals surface area contributed by atoms with E-state index in [9.17, 15) is 0 Å². The molecule has 0 aromatic rings. The smallest absolute Gasteiger partial charge is 0.0723 e. The fourth-order valence-electron chi connectivity index (χ4n) is 1.04. The van der Waals surface area contributed by atoms with Crippen LogP contribution >= 0.6 is 15.9 Å². The van der Waals surface area contributed by atoms with Gasteiger partial charge >= 0.3 is 0 Å². The molecule has 1 nitrogen and oxygen atoms in total. The first-order chi connectivity index (χ1) is 5.14. The molecule has 0 saturated heterocycles. The largest absolute Gasteiger partial charge is 0.374 e. The average Bonchev–Trinajstić information content (AvgIpc) is 1.84. The second kappa shape index (κ2) is 3.90. The maximum Gasteiger partial charge on any atom is 0.0723 e. The predicted molar refractivity (Wildman–Crippen MR) is 51.2 cm³/mol. The van der Waals surface area contributed by atoms with Gasteiger partial charge in [-0.3, -0.25) is 0 Å². The Balaban J connectivity index is 2.09. The van der Waals surface area contributed by atoms with Gasteiger partial charge in [-0.15, -0.1) is 0 Å². The van der Waals surface area contributed by atoms with Gasteiger partial charge in [-0.1, -0.05) is 22.4 Å². The van der Waals surface area contributed by atoms with Crippen molar-refractivity contribution < 1.29 is 4.74 Å². The zero-order chi connectivity index (χ0) is 8.32. The van der Waals surface area contributed by atoms with Crippen molar-refractivity contribution >= 4 is 15.9 Å². The number of hydrogen-bond acceptors (Lipinski definition) is 1.